The van der Waals surface area contributed by atoms with Gasteiger partial charge in [0, 0.05) is 11.3 Å². The van der Waals surface area contributed by atoms with Gasteiger partial charge in [0.05, 0.1) is 5.69 Å². The molecule has 1 heterocycles. The van der Waals surface area contributed by atoms with Gasteiger partial charge < -0.3 is 10.8 Å². The van der Waals surface area contributed by atoms with E-state index in [1.54, 1.807) is 6.92 Å². The molecule has 0 aliphatic rings. The maximum Gasteiger partial charge on any atom is 0.328 e. The van der Waals surface area contributed by atoms with Crippen LogP contribution in [0.5, 0.6) is 0 Å². The number of benzene rings is 1. The molecule has 0 aliphatic carbocycles. The maximum atomic E-state index is 10.9. The summed E-state index contributed by atoms with van der Waals surface area (Å²) in [4.78, 5) is 19.2. The number of aliphatic carboxylic acids is 1. The van der Waals surface area contributed by atoms with E-state index < -0.39 is 12.0 Å². The van der Waals surface area contributed by atoms with Gasteiger partial charge in [0.2, 0.25) is 0 Å². The molecule has 0 bridgehead atoms. The lowest BCUT2D eigenvalue weighted by atomic mass is 10.1. The van der Waals surface area contributed by atoms with Crippen LogP contribution in [0.4, 0.5) is 0 Å². The minimum atomic E-state index is -1.20. The van der Waals surface area contributed by atoms with Crippen molar-refractivity contribution in [2.24, 2.45) is 5.73 Å². The lowest BCUT2D eigenvalue weighted by Crippen LogP contribution is -2.23. The molecule has 0 radical (unpaired) electrons. The van der Waals surface area contributed by atoms with E-state index in [0.717, 1.165) is 11.1 Å². The molecule has 0 saturated carbocycles. The summed E-state index contributed by atoms with van der Waals surface area (Å²) in [7, 11) is 0. The summed E-state index contributed by atoms with van der Waals surface area (Å²) < 4.78 is 0. The zero-order chi connectivity index (χ0) is 14.0. The third-order valence-corrected chi connectivity index (χ3v) is 2.76. The van der Waals surface area contributed by atoms with Gasteiger partial charge in [0.15, 0.2) is 11.9 Å². The third kappa shape index (κ3) is 2.95. The van der Waals surface area contributed by atoms with E-state index in [1.807, 2.05) is 37.3 Å². The Kier molecular flexibility index (Phi) is 3.57. The van der Waals surface area contributed by atoms with E-state index in [4.69, 9.17) is 10.8 Å². The number of carboxylic acids is 1. The quantitative estimate of drug-likeness (QED) is 0.875. The van der Waals surface area contributed by atoms with Crippen molar-refractivity contribution in [3.63, 3.8) is 0 Å². The average molecular weight is 257 g/mol. The number of aryl methyl sites for hydroxylation is 2. The molecule has 1 unspecified atom stereocenters. The van der Waals surface area contributed by atoms with Gasteiger partial charge in [0.1, 0.15) is 0 Å². The van der Waals surface area contributed by atoms with Crippen molar-refractivity contribution in [3.05, 3.63) is 47.4 Å². The molecule has 0 saturated heterocycles. The minimum absolute atomic E-state index is 0.128. The van der Waals surface area contributed by atoms with E-state index in [9.17, 15) is 4.79 Å². The SMILES string of the molecule is Cc1ccc(-c2cc(C)nc(C(N)C(=O)O)n2)cc1. The molecular weight excluding hydrogens is 242 g/mol. The summed E-state index contributed by atoms with van der Waals surface area (Å²) in [5.74, 6) is -1.01. The molecule has 2 rings (SSSR count). The molecule has 1 atom stereocenters. The number of nitrogens with two attached hydrogens (primary N) is 1. The fourth-order valence-electron chi connectivity index (χ4n) is 1.71. The monoisotopic (exact) mass is 257 g/mol. The number of rotatable bonds is 3. The van der Waals surface area contributed by atoms with Crippen LogP contribution >= 0.6 is 0 Å². The van der Waals surface area contributed by atoms with Gasteiger partial charge >= 0.3 is 5.97 Å². The van der Waals surface area contributed by atoms with Crippen molar-refractivity contribution >= 4 is 5.97 Å². The van der Waals surface area contributed by atoms with Gasteiger partial charge in [-0.2, -0.15) is 0 Å². The molecule has 0 fully saturated rings. The Bertz CT molecular complexity index is 609. The molecule has 1 aromatic heterocycles. The summed E-state index contributed by atoms with van der Waals surface area (Å²) >= 11 is 0. The molecule has 0 aliphatic heterocycles. The molecule has 3 N–H and O–H groups in total. The average Bonchev–Trinajstić information content (AvgIpc) is 2.37. The topological polar surface area (TPSA) is 89.1 Å². The lowest BCUT2D eigenvalue weighted by Gasteiger charge is -2.09. The molecule has 0 spiro atoms. The molecule has 5 heteroatoms. The second kappa shape index (κ2) is 5.16. The van der Waals surface area contributed by atoms with E-state index in [1.165, 1.54) is 0 Å². The van der Waals surface area contributed by atoms with E-state index in [-0.39, 0.29) is 5.82 Å². The van der Waals surface area contributed by atoms with Gasteiger partial charge in [-0.1, -0.05) is 29.8 Å². The van der Waals surface area contributed by atoms with Crippen LogP contribution in [0, 0.1) is 13.8 Å². The second-order valence-electron chi connectivity index (χ2n) is 4.43. The van der Waals surface area contributed by atoms with Crippen LogP contribution < -0.4 is 5.73 Å². The fraction of sp³-hybridized carbons (Fsp3) is 0.214. The Morgan fingerprint density at radius 2 is 1.84 bits per heavy atom. The fourth-order valence-corrected chi connectivity index (χ4v) is 1.71. The van der Waals surface area contributed by atoms with Crippen molar-refractivity contribution in [1.82, 2.24) is 9.97 Å². The Morgan fingerprint density at radius 1 is 1.21 bits per heavy atom. The Morgan fingerprint density at radius 3 is 2.42 bits per heavy atom. The first kappa shape index (κ1) is 13.2. The number of nitrogens with zero attached hydrogens (tertiary/aromatic N) is 2. The smallest absolute Gasteiger partial charge is 0.328 e. The maximum absolute atomic E-state index is 10.9. The summed E-state index contributed by atoms with van der Waals surface area (Å²) in [5.41, 5.74) is 8.99. The largest absolute Gasteiger partial charge is 0.480 e. The van der Waals surface area contributed by atoms with Crippen LogP contribution in [0.1, 0.15) is 23.1 Å². The highest BCUT2D eigenvalue weighted by Gasteiger charge is 2.18. The van der Waals surface area contributed by atoms with Gasteiger partial charge in [-0.25, -0.2) is 9.97 Å². The van der Waals surface area contributed by atoms with Crippen LogP contribution in [-0.2, 0) is 4.79 Å². The highest BCUT2D eigenvalue weighted by molar-refractivity contribution is 5.74. The van der Waals surface area contributed by atoms with Crippen LogP contribution in [-0.4, -0.2) is 21.0 Å². The lowest BCUT2D eigenvalue weighted by molar-refractivity contribution is -0.138. The van der Waals surface area contributed by atoms with E-state index in [2.05, 4.69) is 9.97 Å². The number of carboxylic acid groups (broad SMARTS) is 1. The number of carbonyl (C=O) groups is 1. The van der Waals surface area contributed by atoms with Gasteiger partial charge in [0.25, 0.3) is 0 Å². The second-order valence-corrected chi connectivity index (χ2v) is 4.43. The number of hydrogen-bond donors (Lipinski definition) is 2. The highest BCUT2D eigenvalue weighted by atomic mass is 16.4. The van der Waals surface area contributed by atoms with Crippen molar-refractivity contribution < 1.29 is 9.90 Å². The van der Waals surface area contributed by atoms with E-state index in [0.29, 0.717) is 11.4 Å². The van der Waals surface area contributed by atoms with Crippen LogP contribution in [0.2, 0.25) is 0 Å². The zero-order valence-electron chi connectivity index (χ0n) is 10.8. The van der Waals surface area contributed by atoms with E-state index >= 15 is 0 Å². The predicted octanol–water partition coefficient (Wildman–Crippen LogP) is 1.84. The van der Waals surface area contributed by atoms with Gasteiger partial charge in [-0.3, -0.25) is 4.79 Å². The van der Waals surface area contributed by atoms with Crippen molar-refractivity contribution in [2.75, 3.05) is 0 Å². The Labute approximate surface area is 111 Å². The van der Waals surface area contributed by atoms with Crippen LogP contribution in [0.3, 0.4) is 0 Å². The van der Waals surface area contributed by atoms with Crippen molar-refractivity contribution in [2.45, 2.75) is 19.9 Å². The van der Waals surface area contributed by atoms with Crippen molar-refractivity contribution in [1.29, 1.82) is 0 Å². The minimum Gasteiger partial charge on any atom is -0.480 e. The summed E-state index contributed by atoms with van der Waals surface area (Å²) in [6.45, 7) is 3.79. The molecule has 5 nitrogen and oxygen atoms in total. The summed E-state index contributed by atoms with van der Waals surface area (Å²) in [6, 6.07) is 8.43. The standard InChI is InChI=1S/C14H15N3O2/c1-8-3-5-10(6-4-8)11-7-9(2)16-13(17-11)12(15)14(18)19/h3-7,12H,15H2,1-2H3,(H,18,19). The first-order valence-electron chi connectivity index (χ1n) is 5.88. The summed E-state index contributed by atoms with van der Waals surface area (Å²) in [5, 5.41) is 8.92. The molecule has 98 valence electrons. The Balaban J connectivity index is 2.47. The third-order valence-electron chi connectivity index (χ3n) is 2.76. The molecule has 19 heavy (non-hydrogen) atoms. The first-order valence-corrected chi connectivity index (χ1v) is 5.88. The molecular formula is C14H15N3O2. The zero-order valence-corrected chi connectivity index (χ0v) is 10.8. The normalized spacial score (nSPS) is 12.2. The Hall–Kier alpha value is -2.27. The molecule has 2 aromatic rings. The van der Waals surface area contributed by atoms with Crippen molar-refractivity contribution in [3.8, 4) is 11.3 Å². The van der Waals surface area contributed by atoms with Gasteiger partial charge in [-0.05, 0) is 19.9 Å². The predicted molar refractivity (Wildman–Crippen MR) is 71.5 cm³/mol. The van der Waals surface area contributed by atoms with Crippen LogP contribution in [0.15, 0.2) is 30.3 Å². The molecule has 0 amide bonds. The summed E-state index contributed by atoms with van der Waals surface area (Å²) in [6.07, 6.45) is 0. The highest BCUT2D eigenvalue weighted by Crippen LogP contribution is 2.19. The van der Waals surface area contributed by atoms with Gasteiger partial charge in [-0.15, -0.1) is 0 Å². The number of hydrogen-bond acceptors (Lipinski definition) is 4. The molecule has 1 aromatic carbocycles. The first-order chi connectivity index (χ1) is 8.97. The van der Waals surface area contributed by atoms with Crippen LogP contribution in [0.25, 0.3) is 11.3 Å². The number of aromatic nitrogens is 2.